The number of rotatable bonds is 4. The van der Waals surface area contributed by atoms with Crippen LogP contribution in [0.1, 0.15) is 0 Å². The zero-order valence-electron chi connectivity index (χ0n) is 10.8. The van der Waals surface area contributed by atoms with Crippen molar-refractivity contribution in [3.63, 3.8) is 0 Å². The van der Waals surface area contributed by atoms with E-state index in [1.807, 2.05) is 12.1 Å². The van der Waals surface area contributed by atoms with E-state index < -0.39 is 8.07 Å². The standard InChI is InChI=1S/C18H16Si/c1-3-15-19(16-4-2,17-11-7-5-8-12-17)18-13-9-6-10-14-18/h5-16H,1-2H2. The molecule has 1 heteroatoms. The maximum atomic E-state index is 3.76. The van der Waals surface area contributed by atoms with Gasteiger partial charge in [-0.3, -0.25) is 0 Å². The maximum Gasteiger partial charge on any atom is 0.180 e. The van der Waals surface area contributed by atoms with Crippen LogP contribution in [0.2, 0.25) is 0 Å². The second-order valence-electron chi connectivity index (χ2n) is 4.30. The number of hydrogen-bond acceptors (Lipinski definition) is 0. The Bertz CT molecular complexity index is 568. The summed E-state index contributed by atoms with van der Waals surface area (Å²) in [7, 11) is -2.14. The van der Waals surface area contributed by atoms with Gasteiger partial charge in [0.15, 0.2) is 8.07 Å². The van der Waals surface area contributed by atoms with Crippen molar-refractivity contribution in [3.8, 4) is 0 Å². The lowest BCUT2D eigenvalue weighted by atomic mass is 10.4. The van der Waals surface area contributed by atoms with E-state index in [1.165, 1.54) is 10.4 Å². The highest BCUT2D eigenvalue weighted by Gasteiger charge is 2.31. The Morgan fingerprint density at radius 2 is 1.05 bits per heavy atom. The van der Waals surface area contributed by atoms with Crippen molar-refractivity contribution in [1.82, 2.24) is 0 Å². The van der Waals surface area contributed by atoms with Gasteiger partial charge in [0.2, 0.25) is 0 Å². The van der Waals surface area contributed by atoms with Gasteiger partial charge in [-0.25, -0.2) is 0 Å². The Balaban J connectivity index is 2.75. The zero-order chi connectivity index (χ0) is 13.6. The molecular formula is C18H16Si. The van der Waals surface area contributed by atoms with Crippen LogP contribution in [-0.2, 0) is 0 Å². The van der Waals surface area contributed by atoms with Gasteiger partial charge >= 0.3 is 0 Å². The normalized spacial score (nSPS) is 10.1. The third-order valence-electron chi connectivity index (χ3n) is 3.16. The first-order valence-electron chi connectivity index (χ1n) is 6.18. The molecule has 92 valence electrons. The molecule has 0 atom stereocenters. The summed E-state index contributed by atoms with van der Waals surface area (Å²) >= 11 is 0. The van der Waals surface area contributed by atoms with E-state index in [1.54, 1.807) is 0 Å². The highest BCUT2D eigenvalue weighted by molar-refractivity contribution is 7.09. The number of benzene rings is 2. The van der Waals surface area contributed by atoms with Gasteiger partial charge in [-0.2, -0.15) is 0 Å². The lowest BCUT2D eigenvalue weighted by Crippen LogP contribution is -2.55. The van der Waals surface area contributed by atoms with Crippen LogP contribution < -0.4 is 10.4 Å². The van der Waals surface area contributed by atoms with Gasteiger partial charge in [0.05, 0.1) is 0 Å². The smallest absolute Gasteiger partial charge is 0.136 e. The SMILES string of the molecule is C=C=C[Si](C=C=C)(c1ccccc1)c1ccccc1. The molecule has 0 spiro atoms. The van der Waals surface area contributed by atoms with Crippen LogP contribution in [0, 0.1) is 0 Å². The van der Waals surface area contributed by atoms with Gasteiger partial charge in [0.1, 0.15) is 0 Å². The molecule has 2 aromatic carbocycles. The van der Waals surface area contributed by atoms with Crippen LogP contribution in [-0.4, -0.2) is 8.07 Å². The van der Waals surface area contributed by atoms with E-state index in [-0.39, 0.29) is 0 Å². The molecule has 0 heterocycles. The Hall–Kier alpha value is -2.30. The Labute approximate surface area is 115 Å². The second kappa shape index (κ2) is 6.04. The summed E-state index contributed by atoms with van der Waals surface area (Å²) in [6, 6.07) is 20.9. The largest absolute Gasteiger partial charge is 0.180 e. The van der Waals surface area contributed by atoms with Gasteiger partial charge in [0, 0.05) is 0 Å². The molecule has 0 fully saturated rings. The average Bonchev–Trinajstić information content (AvgIpc) is 2.49. The predicted molar refractivity (Wildman–Crippen MR) is 85.3 cm³/mol. The Morgan fingerprint density at radius 3 is 1.37 bits per heavy atom. The minimum atomic E-state index is -2.14. The first-order chi connectivity index (χ1) is 9.33. The van der Waals surface area contributed by atoms with Crippen molar-refractivity contribution >= 4 is 18.4 Å². The summed E-state index contributed by atoms with van der Waals surface area (Å²) < 4.78 is 0. The summed E-state index contributed by atoms with van der Waals surface area (Å²) in [4.78, 5) is 0. The first-order valence-corrected chi connectivity index (χ1v) is 8.34. The number of hydrogen-bond donors (Lipinski definition) is 0. The van der Waals surface area contributed by atoms with Crippen molar-refractivity contribution in [1.29, 1.82) is 0 Å². The van der Waals surface area contributed by atoms with Crippen LogP contribution in [0.15, 0.2) is 96.7 Å². The van der Waals surface area contributed by atoms with Crippen molar-refractivity contribution < 1.29 is 0 Å². The summed E-state index contributed by atoms with van der Waals surface area (Å²) in [5, 5.41) is 2.57. The van der Waals surface area contributed by atoms with Crippen molar-refractivity contribution in [3.05, 3.63) is 96.7 Å². The van der Waals surface area contributed by atoms with E-state index in [2.05, 4.69) is 84.5 Å². The summed E-state index contributed by atoms with van der Waals surface area (Å²) in [6.07, 6.45) is 0. The molecule has 19 heavy (non-hydrogen) atoms. The molecule has 2 aromatic rings. The Kier molecular flexibility index (Phi) is 4.17. The molecule has 0 radical (unpaired) electrons. The molecular weight excluding hydrogens is 244 g/mol. The van der Waals surface area contributed by atoms with Crippen LogP contribution in [0.3, 0.4) is 0 Å². The summed E-state index contributed by atoms with van der Waals surface area (Å²) in [6.45, 7) is 7.53. The van der Waals surface area contributed by atoms with Crippen LogP contribution >= 0.6 is 0 Å². The van der Waals surface area contributed by atoms with Crippen molar-refractivity contribution in [2.24, 2.45) is 0 Å². The van der Waals surface area contributed by atoms with E-state index in [0.717, 1.165) is 0 Å². The van der Waals surface area contributed by atoms with Crippen LogP contribution in [0.25, 0.3) is 0 Å². The Morgan fingerprint density at radius 1 is 0.684 bits per heavy atom. The van der Waals surface area contributed by atoms with Gasteiger partial charge in [-0.15, -0.1) is 11.5 Å². The molecule has 0 aromatic heterocycles. The van der Waals surface area contributed by atoms with Gasteiger partial charge in [-0.05, 0) is 21.8 Å². The van der Waals surface area contributed by atoms with Crippen molar-refractivity contribution in [2.45, 2.75) is 0 Å². The maximum absolute atomic E-state index is 3.76. The van der Waals surface area contributed by atoms with Crippen LogP contribution in [0.5, 0.6) is 0 Å². The fourth-order valence-electron chi connectivity index (χ4n) is 2.29. The molecule has 0 aliphatic carbocycles. The average molecular weight is 260 g/mol. The van der Waals surface area contributed by atoms with Gasteiger partial charge in [0.25, 0.3) is 0 Å². The lowest BCUT2D eigenvalue weighted by molar-refractivity contribution is 1.71. The third kappa shape index (κ3) is 2.59. The molecule has 0 unspecified atom stereocenters. The molecule has 0 saturated heterocycles. The third-order valence-corrected chi connectivity index (χ3v) is 7.06. The minimum absolute atomic E-state index is 1.29. The molecule has 0 bridgehead atoms. The highest BCUT2D eigenvalue weighted by Crippen LogP contribution is 2.08. The van der Waals surface area contributed by atoms with E-state index in [9.17, 15) is 0 Å². The predicted octanol–water partition coefficient (Wildman–Crippen LogP) is 3.01. The molecule has 0 nitrogen and oxygen atoms in total. The van der Waals surface area contributed by atoms with E-state index >= 15 is 0 Å². The zero-order valence-corrected chi connectivity index (χ0v) is 11.8. The first kappa shape index (κ1) is 13.1. The minimum Gasteiger partial charge on any atom is -0.136 e. The topological polar surface area (TPSA) is 0 Å². The highest BCUT2D eigenvalue weighted by atomic mass is 28.3. The van der Waals surface area contributed by atoms with E-state index in [4.69, 9.17) is 0 Å². The molecule has 0 saturated carbocycles. The molecule has 0 aliphatic heterocycles. The van der Waals surface area contributed by atoms with Crippen LogP contribution in [0.4, 0.5) is 0 Å². The van der Waals surface area contributed by atoms with Gasteiger partial charge in [-0.1, -0.05) is 73.8 Å². The molecule has 0 amide bonds. The van der Waals surface area contributed by atoms with Crippen molar-refractivity contribution in [2.75, 3.05) is 0 Å². The molecule has 0 N–H and O–H groups in total. The fraction of sp³-hybridized carbons (Fsp3) is 0. The lowest BCUT2D eigenvalue weighted by Gasteiger charge is -2.24. The van der Waals surface area contributed by atoms with E-state index in [0.29, 0.717) is 0 Å². The monoisotopic (exact) mass is 260 g/mol. The fourth-order valence-corrected chi connectivity index (χ4v) is 5.51. The summed E-state index contributed by atoms with van der Waals surface area (Å²) in [5.74, 6) is 0. The van der Waals surface area contributed by atoms with Gasteiger partial charge < -0.3 is 0 Å². The second-order valence-corrected chi connectivity index (χ2v) is 7.77. The summed E-state index contributed by atoms with van der Waals surface area (Å²) in [5.41, 5.74) is 10.1. The molecule has 2 rings (SSSR count). The molecule has 0 aliphatic rings. The quantitative estimate of drug-likeness (QED) is 0.585.